The van der Waals surface area contributed by atoms with Crippen molar-refractivity contribution in [2.45, 2.75) is 38.5 Å². The number of carbonyl (C=O) groups excluding carboxylic acids is 2. The molecule has 0 aromatic heterocycles. The van der Waals surface area contributed by atoms with Gasteiger partial charge in [0.15, 0.2) is 12.5 Å². The summed E-state index contributed by atoms with van der Waals surface area (Å²) >= 11 is 0. The molecule has 2 aromatic carbocycles. The zero-order chi connectivity index (χ0) is 20.3. The number of benzene rings is 2. The van der Waals surface area contributed by atoms with E-state index in [1.807, 2.05) is 0 Å². The fourth-order valence-corrected chi connectivity index (χ4v) is 2.75. The molecule has 2 aromatic rings. The molecule has 1 aliphatic rings. The maximum atomic E-state index is 13.9. The second-order valence-corrected chi connectivity index (χ2v) is 6.43. The van der Waals surface area contributed by atoms with Crippen molar-refractivity contribution in [1.29, 1.82) is 0 Å². The molecule has 6 nitrogen and oxygen atoms in total. The molecule has 0 bridgehead atoms. The Morgan fingerprint density at radius 2 is 1.11 bits per heavy atom. The van der Waals surface area contributed by atoms with Gasteiger partial charge in [-0.2, -0.15) is 0 Å². The van der Waals surface area contributed by atoms with Gasteiger partial charge in [0.25, 0.3) is 11.8 Å². The van der Waals surface area contributed by atoms with Crippen LogP contribution in [0.5, 0.6) is 0 Å². The molecule has 1 heterocycles. The van der Waals surface area contributed by atoms with Gasteiger partial charge in [-0.05, 0) is 38.1 Å². The first kappa shape index (κ1) is 19.9. The average Bonchev–Trinajstić information content (AvgIpc) is 2.66. The monoisotopic (exact) mass is 390 g/mol. The lowest BCUT2D eigenvalue weighted by molar-refractivity contribution is -0.220. The molecule has 0 spiro atoms. The Morgan fingerprint density at radius 3 is 1.46 bits per heavy atom. The van der Waals surface area contributed by atoms with Crippen LogP contribution in [0.2, 0.25) is 0 Å². The van der Waals surface area contributed by atoms with Crippen molar-refractivity contribution in [2.24, 2.45) is 0 Å². The predicted octanol–water partition coefficient (Wildman–Crippen LogP) is 2.60. The van der Waals surface area contributed by atoms with Crippen molar-refractivity contribution < 1.29 is 27.8 Å². The number of carbonyl (C=O) groups is 2. The van der Waals surface area contributed by atoms with Gasteiger partial charge in [0.2, 0.25) is 0 Å². The van der Waals surface area contributed by atoms with E-state index in [-0.39, 0.29) is 11.1 Å². The minimum Gasteiger partial charge on any atom is -0.348 e. The third-order valence-electron chi connectivity index (χ3n) is 4.44. The maximum Gasteiger partial charge on any atom is 0.256 e. The summed E-state index contributed by atoms with van der Waals surface area (Å²) in [6, 6.07) is 11.0. The molecule has 28 heavy (non-hydrogen) atoms. The summed E-state index contributed by atoms with van der Waals surface area (Å²) in [5.41, 5.74) is -0.340. The second kappa shape index (κ2) is 8.45. The topological polar surface area (TPSA) is 76.7 Å². The smallest absolute Gasteiger partial charge is 0.256 e. The normalized spacial score (nSPS) is 24.4. The van der Waals surface area contributed by atoms with Crippen LogP contribution in [-0.2, 0) is 9.47 Å². The highest BCUT2D eigenvalue weighted by molar-refractivity contribution is 5.95. The third kappa shape index (κ3) is 4.35. The summed E-state index contributed by atoms with van der Waals surface area (Å²) in [7, 11) is 0. The lowest BCUT2D eigenvalue weighted by atomic mass is 10.1. The van der Waals surface area contributed by atoms with Crippen LogP contribution in [-0.4, -0.2) is 36.5 Å². The maximum absolute atomic E-state index is 13.9. The van der Waals surface area contributed by atoms with Gasteiger partial charge < -0.3 is 20.1 Å². The fourth-order valence-electron chi connectivity index (χ4n) is 2.75. The van der Waals surface area contributed by atoms with Crippen LogP contribution < -0.4 is 10.6 Å². The zero-order valence-corrected chi connectivity index (χ0v) is 15.3. The van der Waals surface area contributed by atoms with E-state index in [2.05, 4.69) is 10.6 Å². The van der Waals surface area contributed by atoms with Crippen molar-refractivity contribution in [2.75, 3.05) is 0 Å². The van der Waals surface area contributed by atoms with E-state index >= 15 is 0 Å². The lowest BCUT2D eigenvalue weighted by Crippen LogP contribution is -2.61. The standard InChI is InChI=1S/C20H20F2N2O4/c1-11-12(2)28-20(24-18(26)14-8-4-6-10-16(14)22)19(27-11)23-17(25)13-7-3-5-9-15(13)21/h3-12,19-20H,1-2H3,(H,23,25)(H,24,26). The third-order valence-corrected chi connectivity index (χ3v) is 4.44. The molecule has 1 aliphatic heterocycles. The first-order valence-corrected chi connectivity index (χ1v) is 8.78. The molecule has 4 atom stereocenters. The first-order valence-electron chi connectivity index (χ1n) is 8.78. The Morgan fingerprint density at radius 1 is 0.750 bits per heavy atom. The molecule has 0 aliphatic carbocycles. The van der Waals surface area contributed by atoms with Crippen LogP contribution in [0.4, 0.5) is 8.78 Å². The van der Waals surface area contributed by atoms with Gasteiger partial charge in [0, 0.05) is 0 Å². The summed E-state index contributed by atoms with van der Waals surface area (Å²) in [6.07, 6.45) is -2.97. The Bertz CT molecular complexity index is 805. The number of rotatable bonds is 4. The summed E-state index contributed by atoms with van der Waals surface area (Å²) in [5, 5.41) is 5.03. The van der Waals surface area contributed by atoms with Gasteiger partial charge in [0.05, 0.1) is 23.3 Å². The van der Waals surface area contributed by atoms with Crippen molar-refractivity contribution in [3.8, 4) is 0 Å². The van der Waals surface area contributed by atoms with Gasteiger partial charge in [-0.1, -0.05) is 24.3 Å². The summed E-state index contributed by atoms with van der Waals surface area (Å²) in [6.45, 7) is 3.48. The average molecular weight is 390 g/mol. The number of ether oxygens (including phenoxy) is 2. The number of amides is 2. The van der Waals surface area contributed by atoms with Crippen LogP contribution >= 0.6 is 0 Å². The second-order valence-electron chi connectivity index (χ2n) is 6.43. The summed E-state index contributed by atoms with van der Waals surface area (Å²) in [4.78, 5) is 24.8. The number of halogens is 2. The largest absolute Gasteiger partial charge is 0.348 e. The van der Waals surface area contributed by atoms with Gasteiger partial charge >= 0.3 is 0 Å². The van der Waals surface area contributed by atoms with Crippen molar-refractivity contribution in [1.82, 2.24) is 10.6 Å². The Labute approximate surface area is 160 Å². The highest BCUT2D eigenvalue weighted by Crippen LogP contribution is 2.19. The van der Waals surface area contributed by atoms with Crippen molar-refractivity contribution >= 4 is 11.8 Å². The van der Waals surface area contributed by atoms with Crippen LogP contribution in [0, 0.1) is 11.6 Å². The van der Waals surface area contributed by atoms with Crippen molar-refractivity contribution in [3.63, 3.8) is 0 Å². The van der Waals surface area contributed by atoms with E-state index in [0.717, 1.165) is 12.1 Å². The molecule has 1 fully saturated rings. The van der Waals surface area contributed by atoms with Gasteiger partial charge in [-0.3, -0.25) is 9.59 Å². The minimum absolute atomic E-state index is 0.170. The van der Waals surface area contributed by atoms with Gasteiger partial charge in [0.1, 0.15) is 11.6 Å². The minimum atomic E-state index is -1.09. The van der Waals surface area contributed by atoms with Crippen LogP contribution in [0.1, 0.15) is 34.6 Å². The molecule has 3 rings (SSSR count). The van der Waals surface area contributed by atoms with Crippen LogP contribution in [0.25, 0.3) is 0 Å². The molecular weight excluding hydrogens is 370 g/mol. The van der Waals surface area contributed by atoms with E-state index in [1.165, 1.54) is 36.4 Å². The molecule has 2 N–H and O–H groups in total. The molecule has 0 radical (unpaired) electrons. The molecule has 8 heteroatoms. The predicted molar refractivity (Wildman–Crippen MR) is 96.4 cm³/mol. The molecule has 148 valence electrons. The molecular formula is C20H20F2N2O4. The number of hydrogen-bond donors (Lipinski definition) is 2. The molecule has 2 amide bonds. The Kier molecular flexibility index (Phi) is 6.01. The van der Waals surface area contributed by atoms with Crippen LogP contribution in [0.15, 0.2) is 48.5 Å². The highest BCUT2D eigenvalue weighted by Gasteiger charge is 2.37. The zero-order valence-electron chi connectivity index (χ0n) is 15.3. The van der Waals surface area contributed by atoms with E-state index in [4.69, 9.17) is 9.47 Å². The van der Waals surface area contributed by atoms with E-state index in [9.17, 15) is 18.4 Å². The van der Waals surface area contributed by atoms with Crippen LogP contribution in [0.3, 0.4) is 0 Å². The quantitative estimate of drug-likeness (QED) is 0.842. The highest BCUT2D eigenvalue weighted by atomic mass is 19.1. The van der Waals surface area contributed by atoms with Crippen molar-refractivity contribution in [3.05, 3.63) is 71.3 Å². The van der Waals surface area contributed by atoms with Gasteiger partial charge in [-0.15, -0.1) is 0 Å². The van der Waals surface area contributed by atoms with Gasteiger partial charge in [-0.25, -0.2) is 8.78 Å². The Hall–Kier alpha value is -2.84. The SMILES string of the molecule is CC1OC(NC(=O)c2ccccc2F)C(NC(=O)c2ccccc2F)OC1C. The van der Waals surface area contributed by atoms with E-state index < -0.39 is 48.1 Å². The summed E-state index contributed by atoms with van der Waals surface area (Å²) < 4.78 is 39.2. The number of hydrogen-bond acceptors (Lipinski definition) is 4. The first-order chi connectivity index (χ1) is 13.4. The van der Waals surface area contributed by atoms with E-state index in [0.29, 0.717) is 0 Å². The van der Waals surface area contributed by atoms with E-state index in [1.54, 1.807) is 13.8 Å². The molecule has 1 saturated heterocycles. The fraction of sp³-hybridized carbons (Fsp3) is 0.300. The Balaban J connectivity index is 1.77. The molecule has 4 unspecified atom stereocenters. The lowest BCUT2D eigenvalue weighted by Gasteiger charge is -2.39. The number of nitrogens with one attached hydrogen (secondary N) is 2. The molecule has 0 saturated carbocycles. The summed E-state index contributed by atoms with van der Waals surface area (Å²) in [5.74, 6) is -2.83.